The Morgan fingerprint density at radius 3 is 2.61 bits per heavy atom. The van der Waals surface area contributed by atoms with Gasteiger partial charge in [-0.3, -0.25) is 0 Å². The molecule has 0 unspecified atom stereocenters. The van der Waals surface area contributed by atoms with Crippen molar-refractivity contribution in [3.8, 4) is 11.3 Å². The van der Waals surface area contributed by atoms with Gasteiger partial charge in [-0.25, -0.2) is 9.97 Å². The number of hydrogen-bond donors (Lipinski definition) is 0. The molecule has 1 aromatic carbocycles. The van der Waals surface area contributed by atoms with Gasteiger partial charge in [0.25, 0.3) is 0 Å². The number of aromatic nitrogens is 3. The van der Waals surface area contributed by atoms with Crippen LogP contribution in [0.5, 0.6) is 0 Å². The predicted molar refractivity (Wildman–Crippen MR) is 87.4 cm³/mol. The van der Waals surface area contributed by atoms with Crippen LogP contribution in [0.25, 0.3) is 22.4 Å². The van der Waals surface area contributed by atoms with E-state index in [4.69, 9.17) is 9.26 Å². The standard InChI is InChI=1S/C17H18N4O2/c1-2-13-18-15-14(12-6-4-3-5-7-12)20-23-16(15)17(19-13)21-8-10-22-11-9-21/h3-7H,2,8-11H2,1H3. The highest BCUT2D eigenvalue weighted by molar-refractivity contribution is 5.94. The van der Waals surface area contributed by atoms with Crippen LogP contribution in [0.15, 0.2) is 34.9 Å². The smallest absolute Gasteiger partial charge is 0.228 e. The molecule has 118 valence electrons. The monoisotopic (exact) mass is 310 g/mol. The summed E-state index contributed by atoms with van der Waals surface area (Å²) in [6.45, 7) is 5.06. The molecule has 0 amide bonds. The van der Waals surface area contributed by atoms with Crippen molar-refractivity contribution in [3.05, 3.63) is 36.2 Å². The third-order valence-electron chi connectivity index (χ3n) is 4.02. The van der Waals surface area contributed by atoms with Gasteiger partial charge in [-0.15, -0.1) is 0 Å². The largest absolute Gasteiger partial charge is 0.378 e. The van der Waals surface area contributed by atoms with Gasteiger partial charge in [-0.05, 0) is 0 Å². The number of aryl methyl sites for hydroxylation is 1. The third-order valence-corrected chi connectivity index (χ3v) is 4.02. The molecule has 6 heteroatoms. The highest BCUT2D eigenvalue weighted by atomic mass is 16.5. The van der Waals surface area contributed by atoms with Crippen molar-refractivity contribution in [2.24, 2.45) is 0 Å². The first-order valence-corrected chi connectivity index (χ1v) is 7.91. The van der Waals surface area contributed by atoms with Crippen molar-refractivity contribution in [2.75, 3.05) is 31.2 Å². The summed E-state index contributed by atoms with van der Waals surface area (Å²) in [6.07, 6.45) is 0.771. The third kappa shape index (κ3) is 2.55. The van der Waals surface area contributed by atoms with Crippen molar-refractivity contribution >= 4 is 16.9 Å². The van der Waals surface area contributed by atoms with E-state index in [-0.39, 0.29) is 0 Å². The molecule has 3 aromatic rings. The van der Waals surface area contributed by atoms with E-state index in [1.165, 1.54) is 0 Å². The molecule has 0 aliphatic carbocycles. The summed E-state index contributed by atoms with van der Waals surface area (Å²) < 4.78 is 11.1. The lowest BCUT2D eigenvalue weighted by Crippen LogP contribution is -2.37. The fraction of sp³-hybridized carbons (Fsp3) is 0.353. The van der Waals surface area contributed by atoms with Gasteiger partial charge < -0.3 is 14.2 Å². The molecule has 0 spiro atoms. The molecule has 0 saturated carbocycles. The molecule has 4 rings (SSSR count). The Kier molecular flexibility index (Phi) is 3.67. The summed E-state index contributed by atoms with van der Waals surface area (Å²) in [5, 5.41) is 4.26. The van der Waals surface area contributed by atoms with Crippen molar-refractivity contribution in [1.82, 2.24) is 15.1 Å². The molecule has 23 heavy (non-hydrogen) atoms. The Labute approximate surface area is 134 Å². The Morgan fingerprint density at radius 1 is 1.09 bits per heavy atom. The summed E-state index contributed by atoms with van der Waals surface area (Å²) in [5.74, 6) is 1.63. The van der Waals surface area contributed by atoms with Crippen LogP contribution in [0, 0.1) is 0 Å². The van der Waals surface area contributed by atoms with Gasteiger partial charge in [0.1, 0.15) is 17.0 Å². The van der Waals surface area contributed by atoms with Gasteiger partial charge >= 0.3 is 0 Å². The summed E-state index contributed by atoms with van der Waals surface area (Å²) in [7, 11) is 0. The number of ether oxygens (including phenoxy) is 1. The van der Waals surface area contributed by atoms with E-state index < -0.39 is 0 Å². The molecule has 0 atom stereocenters. The molecule has 3 heterocycles. The molecule has 0 N–H and O–H groups in total. The lowest BCUT2D eigenvalue weighted by molar-refractivity contribution is 0.122. The summed E-state index contributed by atoms with van der Waals surface area (Å²) in [5.41, 5.74) is 3.21. The van der Waals surface area contributed by atoms with E-state index in [1.54, 1.807) is 0 Å². The minimum atomic E-state index is 0.656. The first kappa shape index (κ1) is 14.1. The number of fused-ring (bicyclic) bond motifs is 1. The first-order chi connectivity index (χ1) is 11.4. The predicted octanol–water partition coefficient (Wildman–Crippen LogP) is 2.68. The molecule has 1 fully saturated rings. The molecule has 0 bridgehead atoms. The first-order valence-electron chi connectivity index (χ1n) is 7.91. The van der Waals surface area contributed by atoms with Crippen LogP contribution in [0.2, 0.25) is 0 Å². The average molecular weight is 310 g/mol. The van der Waals surface area contributed by atoms with Gasteiger partial charge in [0.05, 0.1) is 13.2 Å². The summed E-state index contributed by atoms with van der Waals surface area (Å²) >= 11 is 0. The Morgan fingerprint density at radius 2 is 1.87 bits per heavy atom. The minimum absolute atomic E-state index is 0.656. The number of nitrogens with zero attached hydrogens (tertiary/aromatic N) is 4. The highest BCUT2D eigenvalue weighted by Gasteiger charge is 2.23. The highest BCUT2D eigenvalue weighted by Crippen LogP contribution is 2.32. The van der Waals surface area contributed by atoms with Crippen LogP contribution in [-0.2, 0) is 11.2 Å². The lowest BCUT2D eigenvalue weighted by atomic mass is 10.1. The van der Waals surface area contributed by atoms with Crippen molar-refractivity contribution < 1.29 is 9.26 Å². The fourth-order valence-electron chi connectivity index (χ4n) is 2.80. The molecule has 6 nitrogen and oxygen atoms in total. The fourth-order valence-corrected chi connectivity index (χ4v) is 2.80. The van der Waals surface area contributed by atoms with E-state index in [0.29, 0.717) is 18.8 Å². The zero-order valence-corrected chi connectivity index (χ0v) is 13.0. The maximum Gasteiger partial charge on any atom is 0.228 e. The zero-order chi connectivity index (χ0) is 15.6. The Bertz CT molecular complexity index is 810. The average Bonchev–Trinajstić information content (AvgIpc) is 3.06. The Balaban J connectivity index is 1.89. The molecular weight excluding hydrogens is 292 g/mol. The van der Waals surface area contributed by atoms with Crippen LogP contribution < -0.4 is 4.90 Å². The van der Waals surface area contributed by atoms with E-state index >= 15 is 0 Å². The van der Waals surface area contributed by atoms with Crippen LogP contribution in [0.4, 0.5) is 5.82 Å². The number of benzene rings is 1. The topological polar surface area (TPSA) is 64.3 Å². The molecule has 1 saturated heterocycles. The van der Waals surface area contributed by atoms with E-state index in [1.807, 2.05) is 30.3 Å². The molecule has 2 aromatic heterocycles. The Hall–Kier alpha value is -2.47. The maximum absolute atomic E-state index is 5.63. The maximum atomic E-state index is 5.63. The number of morpholine rings is 1. The summed E-state index contributed by atoms with van der Waals surface area (Å²) in [4.78, 5) is 11.5. The van der Waals surface area contributed by atoms with Crippen LogP contribution in [0.1, 0.15) is 12.7 Å². The van der Waals surface area contributed by atoms with Crippen molar-refractivity contribution in [1.29, 1.82) is 0 Å². The zero-order valence-electron chi connectivity index (χ0n) is 13.0. The molecular formula is C17H18N4O2. The second-order valence-electron chi connectivity index (χ2n) is 5.49. The molecule has 1 aliphatic rings. The van der Waals surface area contributed by atoms with E-state index in [0.717, 1.165) is 47.9 Å². The number of anilines is 1. The van der Waals surface area contributed by atoms with Crippen LogP contribution >= 0.6 is 0 Å². The molecule has 0 radical (unpaired) electrons. The summed E-state index contributed by atoms with van der Waals surface area (Å²) in [6, 6.07) is 9.98. The van der Waals surface area contributed by atoms with Gasteiger partial charge in [0, 0.05) is 25.1 Å². The van der Waals surface area contributed by atoms with Crippen LogP contribution in [0.3, 0.4) is 0 Å². The second kappa shape index (κ2) is 5.96. The lowest BCUT2D eigenvalue weighted by Gasteiger charge is -2.27. The van der Waals surface area contributed by atoms with Crippen molar-refractivity contribution in [2.45, 2.75) is 13.3 Å². The molecule has 1 aliphatic heterocycles. The number of rotatable bonds is 3. The van der Waals surface area contributed by atoms with Gasteiger partial charge in [-0.2, -0.15) is 0 Å². The normalized spacial score (nSPS) is 15.3. The number of hydrogen-bond acceptors (Lipinski definition) is 6. The van der Waals surface area contributed by atoms with E-state index in [9.17, 15) is 0 Å². The quantitative estimate of drug-likeness (QED) is 0.741. The second-order valence-corrected chi connectivity index (χ2v) is 5.49. The van der Waals surface area contributed by atoms with Crippen LogP contribution in [-0.4, -0.2) is 41.4 Å². The van der Waals surface area contributed by atoms with Crippen molar-refractivity contribution in [3.63, 3.8) is 0 Å². The van der Waals surface area contributed by atoms with Gasteiger partial charge in [-0.1, -0.05) is 42.4 Å². The van der Waals surface area contributed by atoms with Gasteiger partial charge in [0.2, 0.25) is 5.58 Å². The SMILES string of the molecule is CCc1nc(N2CCOCC2)c2onc(-c3ccccc3)c2n1. The van der Waals surface area contributed by atoms with E-state index in [2.05, 4.69) is 26.9 Å². The minimum Gasteiger partial charge on any atom is -0.378 e. The van der Waals surface area contributed by atoms with Gasteiger partial charge in [0.15, 0.2) is 5.82 Å².